The molecule has 0 amide bonds. The third-order valence-corrected chi connectivity index (χ3v) is 3.16. The topological polar surface area (TPSA) is 3.24 Å². The van der Waals surface area contributed by atoms with Crippen LogP contribution in [-0.2, 0) is 0 Å². The van der Waals surface area contributed by atoms with E-state index in [2.05, 4.69) is 38.3 Å². The van der Waals surface area contributed by atoms with E-state index in [1.165, 1.54) is 25.9 Å². The van der Waals surface area contributed by atoms with Crippen molar-refractivity contribution in [2.75, 3.05) is 13.1 Å². The predicted octanol–water partition coefficient (Wildman–Crippen LogP) is 2.68. The summed E-state index contributed by atoms with van der Waals surface area (Å²) in [4.78, 5) is 2.55. The highest BCUT2D eigenvalue weighted by molar-refractivity contribution is 4.95. The van der Waals surface area contributed by atoms with Gasteiger partial charge in [-0.15, -0.1) is 6.58 Å². The number of rotatable bonds is 2. The smallest absolute Gasteiger partial charge is 0.00386 e. The monoisotopic (exact) mass is 167 g/mol. The van der Waals surface area contributed by atoms with Crippen LogP contribution in [0.4, 0.5) is 0 Å². The van der Waals surface area contributed by atoms with E-state index in [1.54, 1.807) is 0 Å². The second kappa shape index (κ2) is 3.61. The molecule has 1 fully saturated rings. The molecule has 0 unspecified atom stereocenters. The van der Waals surface area contributed by atoms with Gasteiger partial charge in [0.2, 0.25) is 0 Å². The van der Waals surface area contributed by atoms with E-state index in [4.69, 9.17) is 0 Å². The largest absolute Gasteiger partial charge is 0.301 e. The van der Waals surface area contributed by atoms with Gasteiger partial charge in [0.1, 0.15) is 0 Å². The predicted molar refractivity (Wildman–Crippen MR) is 54.2 cm³/mol. The Morgan fingerprint density at radius 3 is 2.17 bits per heavy atom. The van der Waals surface area contributed by atoms with Gasteiger partial charge in [-0.25, -0.2) is 0 Å². The fraction of sp³-hybridized carbons (Fsp3) is 0.818. The molecule has 0 spiro atoms. The molecule has 0 aromatic rings. The summed E-state index contributed by atoms with van der Waals surface area (Å²) in [6.07, 6.45) is 4.67. The molecule has 1 rings (SSSR count). The van der Waals surface area contributed by atoms with Crippen LogP contribution in [0.25, 0.3) is 0 Å². The molecule has 1 saturated heterocycles. The van der Waals surface area contributed by atoms with Crippen LogP contribution in [0, 0.1) is 5.41 Å². The molecule has 12 heavy (non-hydrogen) atoms. The number of hydrogen-bond acceptors (Lipinski definition) is 1. The Balaban J connectivity index is 2.44. The summed E-state index contributed by atoms with van der Waals surface area (Å²) in [6, 6.07) is 0.708. The zero-order chi connectivity index (χ0) is 9.19. The van der Waals surface area contributed by atoms with Crippen LogP contribution in [0.2, 0.25) is 0 Å². The first-order valence-corrected chi connectivity index (χ1v) is 4.95. The van der Waals surface area contributed by atoms with E-state index < -0.39 is 0 Å². The van der Waals surface area contributed by atoms with E-state index in [0.717, 1.165) is 0 Å². The summed E-state index contributed by atoms with van der Waals surface area (Å²) >= 11 is 0. The van der Waals surface area contributed by atoms with Crippen molar-refractivity contribution in [2.24, 2.45) is 5.41 Å². The van der Waals surface area contributed by atoms with Gasteiger partial charge in [-0.2, -0.15) is 0 Å². The minimum atomic E-state index is 0.408. The van der Waals surface area contributed by atoms with Gasteiger partial charge >= 0.3 is 0 Å². The van der Waals surface area contributed by atoms with Crippen LogP contribution < -0.4 is 0 Å². The maximum Gasteiger partial charge on any atom is 0.00386 e. The minimum absolute atomic E-state index is 0.408. The molecule has 0 aliphatic carbocycles. The highest BCUT2D eigenvalue weighted by Crippen LogP contribution is 2.32. The van der Waals surface area contributed by atoms with Crippen molar-refractivity contribution in [1.82, 2.24) is 4.90 Å². The molecule has 1 aliphatic heterocycles. The van der Waals surface area contributed by atoms with Gasteiger partial charge in [0.05, 0.1) is 0 Å². The first-order chi connectivity index (χ1) is 5.57. The molecule has 0 bridgehead atoms. The van der Waals surface area contributed by atoms with Crippen LogP contribution in [-0.4, -0.2) is 24.0 Å². The van der Waals surface area contributed by atoms with Crippen molar-refractivity contribution in [3.05, 3.63) is 12.7 Å². The second-order valence-corrected chi connectivity index (χ2v) is 4.49. The molecule has 1 heteroatoms. The lowest BCUT2D eigenvalue weighted by atomic mass is 9.80. The summed E-state index contributed by atoms with van der Waals surface area (Å²) < 4.78 is 0. The van der Waals surface area contributed by atoms with Crippen molar-refractivity contribution in [2.45, 2.75) is 39.7 Å². The molecule has 70 valence electrons. The zero-order valence-corrected chi connectivity index (χ0v) is 8.64. The lowest BCUT2D eigenvalue weighted by molar-refractivity contribution is 0.123. The molecule has 0 radical (unpaired) electrons. The molecule has 0 saturated carbocycles. The van der Waals surface area contributed by atoms with E-state index in [0.29, 0.717) is 11.5 Å². The number of allylic oxidation sites excluding steroid dienone is 1. The molecular weight excluding hydrogens is 146 g/mol. The van der Waals surface area contributed by atoms with Crippen LogP contribution >= 0.6 is 0 Å². The number of nitrogens with zero attached hydrogens (tertiary/aromatic N) is 1. The first kappa shape index (κ1) is 9.79. The highest BCUT2D eigenvalue weighted by Gasteiger charge is 2.27. The van der Waals surface area contributed by atoms with Crippen LogP contribution in [0.5, 0.6) is 0 Å². The highest BCUT2D eigenvalue weighted by atomic mass is 15.1. The average molecular weight is 167 g/mol. The van der Waals surface area contributed by atoms with Crippen LogP contribution in [0.1, 0.15) is 33.6 Å². The molecule has 0 aromatic heterocycles. The fourth-order valence-electron chi connectivity index (χ4n) is 1.76. The Bertz CT molecular complexity index is 152. The summed E-state index contributed by atoms with van der Waals surface area (Å²) in [6.45, 7) is 13.2. The number of likely N-dealkylation sites (tertiary alicyclic amines) is 1. The number of piperidine rings is 1. The van der Waals surface area contributed by atoms with Crippen molar-refractivity contribution < 1.29 is 0 Å². The van der Waals surface area contributed by atoms with Crippen molar-refractivity contribution >= 4 is 0 Å². The average Bonchev–Trinajstić information content (AvgIpc) is 2.05. The molecule has 0 atom stereocenters. The summed E-state index contributed by atoms with van der Waals surface area (Å²) in [5.41, 5.74) is 0.408. The fourth-order valence-corrected chi connectivity index (χ4v) is 1.76. The maximum atomic E-state index is 3.91. The van der Waals surface area contributed by atoms with Crippen molar-refractivity contribution in [3.63, 3.8) is 0 Å². The van der Waals surface area contributed by atoms with Gasteiger partial charge in [0, 0.05) is 6.04 Å². The third-order valence-electron chi connectivity index (χ3n) is 3.16. The van der Waals surface area contributed by atoms with Crippen LogP contribution in [0.15, 0.2) is 12.7 Å². The standard InChI is InChI=1S/C11H21N/c1-5-11(4)6-8-12(9-7-11)10(2)3/h5,10H,1,6-9H2,2-4H3. The van der Waals surface area contributed by atoms with Gasteiger partial charge in [-0.05, 0) is 45.2 Å². The van der Waals surface area contributed by atoms with Gasteiger partial charge in [-0.1, -0.05) is 13.0 Å². The van der Waals surface area contributed by atoms with Gasteiger partial charge in [0.15, 0.2) is 0 Å². The molecular formula is C11H21N. The lowest BCUT2D eigenvalue weighted by Crippen LogP contribution is -2.41. The van der Waals surface area contributed by atoms with Crippen molar-refractivity contribution in [3.8, 4) is 0 Å². The molecule has 1 nitrogen and oxygen atoms in total. The molecule has 1 aliphatic rings. The lowest BCUT2D eigenvalue weighted by Gasteiger charge is -2.39. The Labute approximate surface area is 76.5 Å². The minimum Gasteiger partial charge on any atom is -0.301 e. The quantitative estimate of drug-likeness (QED) is 0.572. The zero-order valence-electron chi connectivity index (χ0n) is 8.64. The molecule has 0 aromatic carbocycles. The SMILES string of the molecule is C=CC1(C)CCN(C(C)C)CC1. The molecule has 1 heterocycles. The normalized spacial score (nSPS) is 24.3. The Morgan fingerprint density at radius 2 is 1.83 bits per heavy atom. The Morgan fingerprint density at radius 1 is 1.33 bits per heavy atom. The first-order valence-electron chi connectivity index (χ1n) is 4.95. The van der Waals surface area contributed by atoms with Crippen molar-refractivity contribution in [1.29, 1.82) is 0 Å². The van der Waals surface area contributed by atoms with E-state index in [9.17, 15) is 0 Å². The summed E-state index contributed by atoms with van der Waals surface area (Å²) in [7, 11) is 0. The number of hydrogen-bond donors (Lipinski definition) is 0. The summed E-state index contributed by atoms with van der Waals surface area (Å²) in [5, 5.41) is 0. The Hall–Kier alpha value is -0.300. The van der Waals surface area contributed by atoms with Gasteiger partial charge in [-0.3, -0.25) is 0 Å². The van der Waals surface area contributed by atoms with E-state index in [-0.39, 0.29) is 0 Å². The molecule has 0 N–H and O–H groups in total. The Kier molecular flexibility index (Phi) is 2.94. The van der Waals surface area contributed by atoms with Gasteiger partial charge < -0.3 is 4.90 Å². The van der Waals surface area contributed by atoms with Crippen LogP contribution in [0.3, 0.4) is 0 Å². The summed E-state index contributed by atoms with van der Waals surface area (Å²) in [5.74, 6) is 0. The maximum absolute atomic E-state index is 3.91. The second-order valence-electron chi connectivity index (χ2n) is 4.49. The third kappa shape index (κ3) is 2.10. The van der Waals surface area contributed by atoms with E-state index >= 15 is 0 Å². The van der Waals surface area contributed by atoms with Gasteiger partial charge in [0.25, 0.3) is 0 Å². The van der Waals surface area contributed by atoms with E-state index in [1.807, 2.05) is 0 Å².